The fourth-order valence-electron chi connectivity index (χ4n) is 4.59. The maximum absolute atomic E-state index is 12.6. The summed E-state index contributed by atoms with van der Waals surface area (Å²) in [6, 6.07) is 18.0. The zero-order chi connectivity index (χ0) is 27.7. The number of rotatable bonds is 5. The van der Waals surface area contributed by atoms with Gasteiger partial charge in [-0.15, -0.1) is 0 Å². The fraction of sp³-hybridized carbons (Fsp3) is 0.286. The van der Waals surface area contributed by atoms with Crippen LogP contribution in [0.3, 0.4) is 0 Å². The first-order valence-electron chi connectivity index (χ1n) is 12.4. The van der Waals surface area contributed by atoms with Crippen LogP contribution in [-0.4, -0.2) is 52.4 Å². The number of morpholine rings is 1. The third-order valence-corrected chi connectivity index (χ3v) is 6.32. The van der Waals surface area contributed by atoms with Crippen LogP contribution in [-0.2, 0) is 14.3 Å². The maximum atomic E-state index is 12.6. The molecule has 1 aliphatic rings. The van der Waals surface area contributed by atoms with Crippen molar-refractivity contribution >= 4 is 23.0 Å². The van der Waals surface area contributed by atoms with Crippen molar-refractivity contribution in [2.45, 2.75) is 38.5 Å². The molecule has 3 atom stereocenters. The van der Waals surface area contributed by atoms with E-state index in [2.05, 4.69) is 14.6 Å². The van der Waals surface area contributed by atoms with Crippen molar-refractivity contribution in [2.24, 2.45) is 5.73 Å². The summed E-state index contributed by atoms with van der Waals surface area (Å²) in [5.41, 5.74) is 9.45. The number of halogens is 3. The van der Waals surface area contributed by atoms with Gasteiger partial charge in [-0.25, -0.2) is 14.8 Å². The van der Waals surface area contributed by atoms with E-state index in [1.54, 1.807) is 18.3 Å². The van der Waals surface area contributed by atoms with Crippen molar-refractivity contribution in [1.29, 1.82) is 0 Å². The lowest BCUT2D eigenvalue weighted by atomic mass is 9.97. The number of fused-ring (bicyclic) bond motifs is 1. The molecule has 4 aromatic rings. The summed E-state index contributed by atoms with van der Waals surface area (Å²) in [7, 11) is 0. The van der Waals surface area contributed by atoms with Crippen molar-refractivity contribution < 1.29 is 27.4 Å². The van der Waals surface area contributed by atoms with Gasteiger partial charge in [0.2, 0.25) is 5.95 Å². The number of alkyl halides is 3. The van der Waals surface area contributed by atoms with Gasteiger partial charge >= 0.3 is 12.1 Å². The van der Waals surface area contributed by atoms with Crippen LogP contribution in [0.25, 0.3) is 33.4 Å². The fourth-order valence-corrected chi connectivity index (χ4v) is 4.59. The molecule has 1 fully saturated rings. The van der Waals surface area contributed by atoms with Gasteiger partial charge in [0.15, 0.2) is 11.9 Å². The lowest BCUT2D eigenvalue weighted by Gasteiger charge is -2.35. The Bertz CT molecular complexity index is 1470. The second-order valence-electron chi connectivity index (χ2n) is 9.44. The monoisotopic (exact) mass is 537 g/mol. The number of esters is 1. The summed E-state index contributed by atoms with van der Waals surface area (Å²) in [6.07, 6.45) is -4.87. The number of anilines is 1. The minimum Gasteiger partial charge on any atom is -0.436 e. The Kier molecular flexibility index (Phi) is 7.19. The normalized spacial score (nSPS) is 18.7. The first-order chi connectivity index (χ1) is 18.6. The summed E-state index contributed by atoms with van der Waals surface area (Å²) in [4.78, 5) is 27.5. The van der Waals surface area contributed by atoms with E-state index < -0.39 is 18.4 Å². The third kappa shape index (κ3) is 5.84. The van der Waals surface area contributed by atoms with E-state index in [1.807, 2.05) is 50.2 Å². The van der Waals surface area contributed by atoms with Crippen LogP contribution < -0.4 is 10.6 Å². The molecule has 5 rings (SSSR count). The second kappa shape index (κ2) is 10.6. The number of carbonyl (C=O) groups is 1. The molecule has 2 N–H and O–H groups in total. The first kappa shape index (κ1) is 26.5. The molecule has 202 valence electrons. The number of hydrogen-bond donors (Lipinski definition) is 1. The van der Waals surface area contributed by atoms with E-state index in [4.69, 9.17) is 20.4 Å². The molecule has 1 saturated heterocycles. The molecule has 2 aromatic carbocycles. The summed E-state index contributed by atoms with van der Waals surface area (Å²) < 4.78 is 47.9. The largest absolute Gasteiger partial charge is 0.490 e. The predicted octanol–water partition coefficient (Wildman–Crippen LogP) is 5.04. The van der Waals surface area contributed by atoms with Crippen LogP contribution >= 0.6 is 0 Å². The average Bonchev–Trinajstić information content (AvgIpc) is 2.91. The Morgan fingerprint density at radius 1 is 1.03 bits per heavy atom. The van der Waals surface area contributed by atoms with Gasteiger partial charge in [0.25, 0.3) is 0 Å². The average molecular weight is 538 g/mol. The Balaban J connectivity index is 1.53. The molecule has 0 bridgehead atoms. The van der Waals surface area contributed by atoms with E-state index in [1.165, 1.54) is 12.1 Å². The molecule has 8 nitrogen and oxygen atoms in total. The highest BCUT2D eigenvalue weighted by Crippen LogP contribution is 2.34. The SMILES string of the molecule is CC1CN(c2ncc3cc(-c4ccccc4)c(-c4ccc(C(N)OC(=O)C(F)(F)F)cc4)nc3n2)CC(C)O1. The highest BCUT2D eigenvalue weighted by Gasteiger charge is 2.42. The first-order valence-corrected chi connectivity index (χ1v) is 12.4. The van der Waals surface area contributed by atoms with Crippen LogP contribution in [0.4, 0.5) is 19.1 Å². The van der Waals surface area contributed by atoms with Crippen LogP contribution in [0.15, 0.2) is 66.9 Å². The van der Waals surface area contributed by atoms with Gasteiger partial charge in [0, 0.05) is 41.4 Å². The quantitative estimate of drug-likeness (QED) is 0.279. The van der Waals surface area contributed by atoms with Gasteiger partial charge < -0.3 is 14.4 Å². The molecule has 1 aliphatic heterocycles. The molecular weight excluding hydrogens is 511 g/mol. The smallest absolute Gasteiger partial charge is 0.436 e. The highest BCUT2D eigenvalue weighted by molar-refractivity contribution is 5.90. The zero-order valence-corrected chi connectivity index (χ0v) is 21.2. The number of pyridine rings is 1. The van der Waals surface area contributed by atoms with Crippen molar-refractivity contribution in [3.05, 3.63) is 72.4 Å². The van der Waals surface area contributed by atoms with E-state index in [-0.39, 0.29) is 17.8 Å². The third-order valence-electron chi connectivity index (χ3n) is 6.32. The zero-order valence-electron chi connectivity index (χ0n) is 21.2. The van der Waals surface area contributed by atoms with E-state index in [0.717, 1.165) is 16.5 Å². The van der Waals surface area contributed by atoms with Gasteiger partial charge in [0.05, 0.1) is 17.9 Å². The summed E-state index contributed by atoms with van der Waals surface area (Å²) >= 11 is 0. The van der Waals surface area contributed by atoms with Gasteiger partial charge in [0.1, 0.15) is 0 Å². The molecule has 0 spiro atoms. The maximum Gasteiger partial charge on any atom is 0.490 e. The number of carbonyl (C=O) groups excluding carboxylic acids is 1. The number of aromatic nitrogens is 3. The molecule has 2 aromatic heterocycles. The lowest BCUT2D eigenvalue weighted by molar-refractivity contribution is -0.205. The predicted molar refractivity (Wildman–Crippen MR) is 140 cm³/mol. The van der Waals surface area contributed by atoms with Gasteiger partial charge in [-0.1, -0.05) is 54.6 Å². The molecule has 0 amide bonds. The summed E-state index contributed by atoms with van der Waals surface area (Å²) in [6.45, 7) is 5.33. The van der Waals surface area contributed by atoms with Crippen LogP contribution in [0.5, 0.6) is 0 Å². The molecule has 0 saturated carbocycles. The Hall–Kier alpha value is -4.09. The number of hydrogen-bond acceptors (Lipinski definition) is 8. The number of nitrogens with zero attached hydrogens (tertiary/aromatic N) is 4. The van der Waals surface area contributed by atoms with Crippen molar-refractivity contribution in [1.82, 2.24) is 15.0 Å². The Morgan fingerprint density at radius 3 is 2.33 bits per heavy atom. The van der Waals surface area contributed by atoms with Crippen molar-refractivity contribution in [3.8, 4) is 22.4 Å². The van der Waals surface area contributed by atoms with E-state index in [0.29, 0.717) is 35.9 Å². The molecule has 0 aliphatic carbocycles. The summed E-state index contributed by atoms with van der Waals surface area (Å²) in [5.74, 6) is -1.79. The van der Waals surface area contributed by atoms with E-state index in [9.17, 15) is 18.0 Å². The van der Waals surface area contributed by atoms with Gasteiger partial charge in [-0.2, -0.15) is 18.2 Å². The second-order valence-corrected chi connectivity index (χ2v) is 9.44. The molecule has 0 radical (unpaired) electrons. The molecule has 3 heterocycles. The van der Waals surface area contributed by atoms with Crippen molar-refractivity contribution in [2.75, 3.05) is 18.0 Å². The van der Waals surface area contributed by atoms with Gasteiger partial charge in [-0.3, -0.25) is 5.73 Å². The van der Waals surface area contributed by atoms with Crippen LogP contribution in [0.2, 0.25) is 0 Å². The van der Waals surface area contributed by atoms with Crippen molar-refractivity contribution in [3.63, 3.8) is 0 Å². The molecule has 11 heteroatoms. The van der Waals surface area contributed by atoms with Crippen LogP contribution in [0.1, 0.15) is 25.6 Å². The minimum atomic E-state index is -5.13. The molecule has 3 unspecified atom stereocenters. The number of nitrogens with two attached hydrogens (primary N) is 1. The van der Waals surface area contributed by atoms with E-state index >= 15 is 0 Å². The lowest BCUT2D eigenvalue weighted by Crippen LogP contribution is -2.46. The number of ether oxygens (including phenoxy) is 2. The topological polar surface area (TPSA) is 103 Å². The molecular formula is C28H26F3N5O3. The standard InChI is InChI=1S/C28H26F3N5O3/c1-16-14-36(15-17(2)38-16)27-33-13-21-12-22(18-6-4-3-5-7-18)23(34-25(21)35-27)19-8-10-20(11-9-19)24(32)39-26(37)28(29,30)31/h3-13,16-17,24H,14-15,32H2,1-2H3. The summed E-state index contributed by atoms with van der Waals surface area (Å²) in [5, 5.41) is 0.758. The number of benzene rings is 2. The van der Waals surface area contributed by atoms with Crippen LogP contribution in [0, 0.1) is 0 Å². The highest BCUT2D eigenvalue weighted by atomic mass is 19.4. The Labute approximate surface area is 222 Å². The molecule has 39 heavy (non-hydrogen) atoms. The van der Waals surface area contributed by atoms with Gasteiger partial charge in [-0.05, 0) is 25.5 Å². The Morgan fingerprint density at radius 2 is 1.69 bits per heavy atom. The minimum absolute atomic E-state index is 0.0392.